The van der Waals surface area contributed by atoms with Gasteiger partial charge < -0.3 is 10.1 Å². The maximum atomic E-state index is 12.4. The minimum Gasteiger partial charge on any atom is -0.491 e. The van der Waals surface area contributed by atoms with E-state index in [0.717, 1.165) is 21.9 Å². The Bertz CT molecular complexity index is 918. The van der Waals surface area contributed by atoms with Crippen LogP contribution >= 0.6 is 11.6 Å². The number of ether oxygens (including phenoxy) is 1. The fourth-order valence-corrected chi connectivity index (χ4v) is 3.48. The predicted octanol–water partition coefficient (Wildman–Crippen LogP) is 2.99. The fraction of sp³-hybridized carbons (Fsp3) is 0.350. The number of rotatable bonds is 9. The molecule has 0 spiro atoms. The van der Waals surface area contributed by atoms with Crippen LogP contribution in [-0.4, -0.2) is 44.1 Å². The first kappa shape index (κ1) is 22.2. The normalized spacial score (nSPS) is 12.6. The van der Waals surface area contributed by atoms with E-state index in [9.17, 15) is 13.2 Å². The van der Waals surface area contributed by atoms with Crippen molar-refractivity contribution in [1.29, 1.82) is 0 Å². The van der Waals surface area contributed by atoms with Gasteiger partial charge in [-0.2, -0.15) is 4.31 Å². The number of carbonyl (C=O) groups is 1. The van der Waals surface area contributed by atoms with Gasteiger partial charge in [0, 0.05) is 11.6 Å². The van der Waals surface area contributed by atoms with Crippen molar-refractivity contribution in [2.45, 2.75) is 26.4 Å². The lowest BCUT2D eigenvalue weighted by Gasteiger charge is -2.22. The molecule has 28 heavy (non-hydrogen) atoms. The molecule has 0 aliphatic carbocycles. The molecule has 1 atom stereocenters. The van der Waals surface area contributed by atoms with Gasteiger partial charge in [-0.1, -0.05) is 48.0 Å². The number of nitrogens with zero attached hydrogens (tertiary/aromatic N) is 1. The Morgan fingerprint density at radius 1 is 1.18 bits per heavy atom. The van der Waals surface area contributed by atoms with E-state index >= 15 is 0 Å². The molecule has 1 amide bonds. The molecule has 0 heterocycles. The van der Waals surface area contributed by atoms with Crippen molar-refractivity contribution >= 4 is 27.5 Å². The number of aryl methyl sites for hydroxylation is 1. The van der Waals surface area contributed by atoms with Crippen LogP contribution in [0.1, 0.15) is 18.1 Å². The molecule has 152 valence electrons. The van der Waals surface area contributed by atoms with E-state index < -0.39 is 15.9 Å². The average Bonchev–Trinajstić information content (AvgIpc) is 2.61. The molecule has 6 nitrogen and oxygen atoms in total. The first-order chi connectivity index (χ1) is 13.2. The number of benzene rings is 2. The number of hydrogen-bond donors (Lipinski definition) is 1. The Morgan fingerprint density at radius 3 is 2.46 bits per heavy atom. The van der Waals surface area contributed by atoms with Crippen molar-refractivity contribution < 1.29 is 17.9 Å². The quantitative estimate of drug-likeness (QED) is 0.671. The van der Waals surface area contributed by atoms with E-state index in [2.05, 4.69) is 5.32 Å². The molecular weight excluding hydrogens is 400 g/mol. The minimum absolute atomic E-state index is 0.0278. The fourth-order valence-electron chi connectivity index (χ4n) is 2.56. The zero-order valence-electron chi connectivity index (χ0n) is 16.2. The summed E-state index contributed by atoms with van der Waals surface area (Å²) in [5.41, 5.74) is 1.64. The number of halogens is 1. The van der Waals surface area contributed by atoms with Crippen LogP contribution in [0.5, 0.6) is 5.75 Å². The molecule has 2 aromatic rings. The number of nitrogens with one attached hydrogen (secondary N) is 1. The molecular formula is C20H25ClN2O4S. The third-order valence-electron chi connectivity index (χ3n) is 4.08. The highest BCUT2D eigenvalue weighted by Gasteiger charge is 2.22. The van der Waals surface area contributed by atoms with Crippen molar-refractivity contribution in [2.75, 3.05) is 19.4 Å². The van der Waals surface area contributed by atoms with Crippen LogP contribution < -0.4 is 10.1 Å². The molecule has 0 aliphatic rings. The summed E-state index contributed by atoms with van der Waals surface area (Å²) in [6.45, 7) is 3.76. The maximum absolute atomic E-state index is 12.4. The summed E-state index contributed by atoms with van der Waals surface area (Å²) >= 11 is 6.11. The van der Waals surface area contributed by atoms with Crippen molar-refractivity contribution in [3.05, 3.63) is 64.7 Å². The number of sulfonamides is 1. The van der Waals surface area contributed by atoms with E-state index in [0.29, 0.717) is 10.6 Å². The van der Waals surface area contributed by atoms with Gasteiger partial charge in [0.05, 0.1) is 18.8 Å². The van der Waals surface area contributed by atoms with Crippen LogP contribution in [0.15, 0.2) is 48.5 Å². The largest absolute Gasteiger partial charge is 0.491 e. The van der Waals surface area contributed by atoms with Crippen LogP contribution in [0, 0.1) is 6.92 Å². The van der Waals surface area contributed by atoms with Gasteiger partial charge in [0.2, 0.25) is 15.9 Å². The standard InChI is InChI=1S/C20H25ClN2O4S/c1-15-8-4-7-11-19(15)27-14-16(2)22-20(24)13-23(28(3,25)26)12-17-9-5-6-10-18(17)21/h4-11,16H,12-14H2,1-3H3,(H,22,24). The van der Waals surface area contributed by atoms with E-state index in [1.165, 1.54) is 0 Å². The number of amides is 1. The highest BCUT2D eigenvalue weighted by Crippen LogP contribution is 2.18. The molecule has 0 aliphatic heterocycles. The van der Waals surface area contributed by atoms with E-state index in [1.807, 2.05) is 31.2 Å². The number of carbonyl (C=O) groups excluding carboxylic acids is 1. The summed E-state index contributed by atoms with van der Waals surface area (Å²) < 4.78 is 31.0. The second-order valence-electron chi connectivity index (χ2n) is 6.67. The van der Waals surface area contributed by atoms with Crippen LogP contribution in [0.4, 0.5) is 0 Å². The lowest BCUT2D eigenvalue weighted by molar-refractivity contribution is -0.122. The molecule has 0 saturated carbocycles. The molecule has 0 saturated heterocycles. The molecule has 2 rings (SSSR count). The second kappa shape index (κ2) is 9.91. The zero-order valence-corrected chi connectivity index (χ0v) is 17.8. The lowest BCUT2D eigenvalue weighted by atomic mass is 10.2. The smallest absolute Gasteiger partial charge is 0.235 e. The summed E-state index contributed by atoms with van der Waals surface area (Å²) in [7, 11) is -3.59. The van der Waals surface area contributed by atoms with Gasteiger partial charge in [-0.05, 0) is 37.1 Å². The first-order valence-electron chi connectivity index (χ1n) is 8.83. The predicted molar refractivity (Wildman–Crippen MR) is 111 cm³/mol. The lowest BCUT2D eigenvalue weighted by Crippen LogP contribution is -2.44. The molecule has 8 heteroatoms. The Labute approximate surface area is 171 Å². The molecule has 0 aromatic heterocycles. The SMILES string of the molecule is Cc1ccccc1OCC(C)NC(=O)CN(Cc1ccccc1Cl)S(C)(=O)=O. The van der Waals surface area contributed by atoms with Crippen molar-refractivity contribution in [2.24, 2.45) is 0 Å². The first-order valence-corrected chi connectivity index (χ1v) is 11.1. The zero-order chi connectivity index (χ0) is 20.7. The summed E-state index contributed by atoms with van der Waals surface area (Å²) in [5.74, 6) is 0.346. The van der Waals surface area contributed by atoms with E-state index in [1.54, 1.807) is 31.2 Å². The van der Waals surface area contributed by atoms with Crippen LogP contribution in [0.3, 0.4) is 0 Å². The third kappa shape index (κ3) is 6.82. The maximum Gasteiger partial charge on any atom is 0.235 e. The van der Waals surface area contributed by atoms with Gasteiger partial charge in [0.15, 0.2) is 0 Å². The van der Waals surface area contributed by atoms with E-state index in [-0.39, 0.29) is 25.7 Å². The summed E-state index contributed by atoms with van der Waals surface area (Å²) in [6, 6.07) is 14.3. The highest BCUT2D eigenvalue weighted by atomic mass is 35.5. The minimum atomic E-state index is -3.59. The van der Waals surface area contributed by atoms with Gasteiger partial charge in [0.1, 0.15) is 12.4 Å². The van der Waals surface area contributed by atoms with Crippen molar-refractivity contribution in [1.82, 2.24) is 9.62 Å². The number of para-hydroxylation sites is 1. The van der Waals surface area contributed by atoms with Crippen LogP contribution in [-0.2, 0) is 21.4 Å². The second-order valence-corrected chi connectivity index (χ2v) is 9.06. The third-order valence-corrected chi connectivity index (χ3v) is 5.65. The Kier molecular flexibility index (Phi) is 7.86. The van der Waals surface area contributed by atoms with Crippen molar-refractivity contribution in [3.8, 4) is 5.75 Å². The number of hydrogen-bond acceptors (Lipinski definition) is 4. The molecule has 0 bridgehead atoms. The monoisotopic (exact) mass is 424 g/mol. The Balaban J connectivity index is 1.94. The highest BCUT2D eigenvalue weighted by molar-refractivity contribution is 7.88. The van der Waals surface area contributed by atoms with Crippen molar-refractivity contribution in [3.63, 3.8) is 0 Å². The van der Waals surface area contributed by atoms with Crippen LogP contribution in [0.2, 0.25) is 5.02 Å². The van der Waals surface area contributed by atoms with Gasteiger partial charge >= 0.3 is 0 Å². The molecule has 0 fully saturated rings. The molecule has 2 aromatic carbocycles. The Hall–Kier alpha value is -2.09. The topological polar surface area (TPSA) is 75.7 Å². The van der Waals surface area contributed by atoms with E-state index in [4.69, 9.17) is 16.3 Å². The Morgan fingerprint density at radius 2 is 1.82 bits per heavy atom. The molecule has 1 N–H and O–H groups in total. The van der Waals surface area contributed by atoms with Gasteiger partial charge in [-0.15, -0.1) is 0 Å². The summed E-state index contributed by atoms with van der Waals surface area (Å²) in [6.07, 6.45) is 1.07. The summed E-state index contributed by atoms with van der Waals surface area (Å²) in [4.78, 5) is 12.4. The van der Waals surface area contributed by atoms with Gasteiger partial charge in [-0.3, -0.25) is 4.79 Å². The molecule has 0 radical (unpaired) electrons. The van der Waals surface area contributed by atoms with Crippen LogP contribution in [0.25, 0.3) is 0 Å². The molecule has 1 unspecified atom stereocenters. The average molecular weight is 425 g/mol. The van der Waals surface area contributed by atoms with Gasteiger partial charge in [-0.25, -0.2) is 8.42 Å². The summed E-state index contributed by atoms with van der Waals surface area (Å²) in [5, 5.41) is 3.22. The van der Waals surface area contributed by atoms with Gasteiger partial charge in [0.25, 0.3) is 0 Å².